The van der Waals surface area contributed by atoms with Gasteiger partial charge in [0.25, 0.3) is 0 Å². The lowest BCUT2D eigenvalue weighted by Crippen LogP contribution is -2.23. The van der Waals surface area contributed by atoms with Gasteiger partial charge in [0.05, 0.1) is 11.0 Å². The fourth-order valence-corrected chi connectivity index (χ4v) is 3.30. The van der Waals surface area contributed by atoms with Crippen molar-refractivity contribution in [2.45, 2.75) is 6.42 Å². The zero-order chi connectivity index (χ0) is 12.4. The highest BCUT2D eigenvalue weighted by atomic mass is 15.3. The van der Waals surface area contributed by atoms with Crippen LogP contribution in [0, 0.1) is 11.8 Å². The SMILES string of the molecule is c1ccc2c(c1)nc1nc(N3CC4CC4C3)ccn12. The predicted molar refractivity (Wildman–Crippen MR) is 74.3 cm³/mol. The Morgan fingerprint density at radius 3 is 2.74 bits per heavy atom. The van der Waals surface area contributed by atoms with Crippen molar-refractivity contribution in [2.75, 3.05) is 18.0 Å². The molecule has 4 nitrogen and oxygen atoms in total. The number of aromatic nitrogens is 3. The van der Waals surface area contributed by atoms with Crippen molar-refractivity contribution in [1.82, 2.24) is 14.4 Å². The van der Waals surface area contributed by atoms with Crippen LogP contribution in [0.25, 0.3) is 16.8 Å². The summed E-state index contributed by atoms with van der Waals surface area (Å²) < 4.78 is 2.07. The summed E-state index contributed by atoms with van der Waals surface area (Å²) in [5.74, 6) is 3.74. The van der Waals surface area contributed by atoms with E-state index in [9.17, 15) is 0 Å². The molecule has 5 rings (SSSR count). The molecule has 2 aromatic heterocycles. The van der Waals surface area contributed by atoms with E-state index in [4.69, 9.17) is 4.98 Å². The van der Waals surface area contributed by atoms with Crippen molar-refractivity contribution in [3.8, 4) is 0 Å². The van der Waals surface area contributed by atoms with Crippen molar-refractivity contribution in [1.29, 1.82) is 0 Å². The van der Waals surface area contributed by atoms with E-state index in [1.165, 1.54) is 19.5 Å². The maximum Gasteiger partial charge on any atom is 0.236 e. The van der Waals surface area contributed by atoms with Crippen LogP contribution in [-0.4, -0.2) is 27.5 Å². The van der Waals surface area contributed by atoms with Crippen molar-refractivity contribution in [3.05, 3.63) is 36.5 Å². The van der Waals surface area contributed by atoms with Gasteiger partial charge in [-0.3, -0.25) is 4.40 Å². The second-order valence-corrected chi connectivity index (χ2v) is 5.72. The van der Waals surface area contributed by atoms with Gasteiger partial charge in [-0.25, -0.2) is 4.98 Å². The van der Waals surface area contributed by atoms with Crippen LogP contribution in [0.15, 0.2) is 36.5 Å². The van der Waals surface area contributed by atoms with Crippen LogP contribution in [0.3, 0.4) is 0 Å². The summed E-state index contributed by atoms with van der Waals surface area (Å²) in [7, 11) is 0. The zero-order valence-corrected chi connectivity index (χ0v) is 10.5. The smallest absolute Gasteiger partial charge is 0.236 e. The molecule has 2 atom stereocenters. The average molecular weight is 250 g/mol. The molecule has 4 heteroatoms. The van der Waals surface area contributed by atoms with E-state index in [-0.39, 0.29) is 0 Å². The molecule has 1 aliphatic carbocycles. The van der Waals surface area contributed by atoms with Gasteiger partial charge in [-0.2, -0.15) is 4.98 Å². The number of benzene rings is 1. The van der Waals surface area contributed by atoms with Gasteiger partial charge in [-0.1, -0.05) is 12.1 Å². The Bertz CT molecular complexity index is 781. The summed E-state index contributed by atoms with van der Waals surface area (Å²) in [4.78, 5) is 11.7. The van der Waals surface area contributed by atoms with Gasteiger partial charge < -0.3 is 4.90 Å². The second-order valence-electron chi connectivity index (χ2n) is 5.72. The van der Waals surface area contributed by atoms with Gasteiger partial charge in [0.15, 0.2) is 0 Å². The first-order valence-corrected chi connectivity index (χ1v) is 6.87. The first kappa shape index (κ1) is 9.78. The Balaban J connectivity index is 1.66. The normalized spacial score (nSPS) is 25.2. The molecule has 0 N–H and O–H groups in total. The van der Waals surface area contributed by atoms with Crippen LogP contribution >= 0.6 is 0 Å². The van der Waals surface area contributed by atoms with Crippen LogP contribution in [0.5, 0.6) is 0 Å². The standard InChI is InChI=1S/C15H14N4/c1-2-4-13-12(3-1)16-15-17-14(5-6-19(13)15)18-8-10-7-11(10)9-18/h1-6,10-11H,7-9H2. The number of imidazole rings is 1. The van der Waals surface area contributed by atoms with Gasteiger partial charge in [-0.05, 0) is 36.5 Å². The van der Waals surface area contributed by atoms with Gasteiger partial charge in [0.2, 0.25) is 5.78 Å². The number of anilines is 1. The molecule has 0 radical (unpaired) electrons. The van der Waals surface area contributed by atoms with E-state index in [0.29, 0.717) is 0 Å². The first-order chi connectivity index (χ1) is 9.38. The van der Waals surface area contributed by atoms with Crippen LogP contribution in [0.1, 0.15) is 6.42 Å². The number of nitrogens with zero attached hydrogens (tertiary/aromatic N) is 4. The van der Waals surface area contributed by atoms with Crippen molar-refractivity contribution in [3.63, 3.8) is 0 Å². The van der Waals surface area contributed by atoms with E-state index in [1.54, 1.807) is 0 Å². The molecule has 0 amide bonds. The maximum absolute atomic E-state index is 4.73. The lowest BCUT2D eigenvalue weighted by atomic mass is 10.3. The molecular weight excluding hydrogens is 236 g/mol. The van der Waals surface area contributed by atoms with Gasteiger partial charge >= 0.3 is 0 Å². The molecule has 3 aromatic rings. The monoisotopic (exact) mass is 250 g/mol. The Morgan fingerprint density at radius 2 is 1.84 bits per heavy atom. The summed E-state index contributed by atoms with van der Waals surface area (Å²) in [6.45, 7) is 2.35. The topological polar surface area (TPSA) is 33.4 Å². The molecular formula is C15H14N4. The van der Waals surface area contributed by atoms with Crippen LogP contribution in [-0.2, 0) is 0 Å². The summed E-state index contributed by atoms with van der Waals surface area (Å²) in [5, 5.41) is 0. The highest BCUT2D eigenvalue weighted by Crippen LogP contribution is 2.45. The minimum Gasteiger partial charge on any atom is -0.356 e. The molecule has 19 heavy (non-hydrogen) atoms. The Kier molecular flexibility index (Phi) is 1.68. The third kappa shape index (κ3) is 1.34. The third-order valence-corrected chi connectivity index (χ3v) is 4.47. The molecule has 2 unspecified atom stereocenters. The van der Waals surface area contributed by atoms with Crippen molar-refractivity contribution >= 4 is 22.6 Å². The van der Waals surface area contributed by atoms with Crippen LogP contribution < -0.4 is 4.90 Å². The van der Waals surface area contributed by atoms with Gasteiger partial charge in [0, 0.05) is 19.3 Å². The quantitative estimate of drug-likeness (QED) is 0.664. The Labute approximate surface area is 110 Å². The second kappa shape index (κ2) is 3.26. The van der Waals surface area contributed by atoms with E-state index >= 15 is 0 Å². The van der Waals surface area contributed by atoms with Crippen LogP contribution in [0.2, 0.25) is 0 Å². The molecule has 1 aliphatic heterocycles. The number of para-hydroxylation sites is 2. The van der Waals surface area contributed by atoms with Crippen molar-refractivity contribution < 1.29 is 0 Å². The molecule has 2 aliphatic rings. The first-order valence-electron chi connectivity index (χ1n) is 6.87. The van der Waals surface area contributed by atoms with E-state index in [1.807, 2.05) is 18.2 Å². The number of piperidine rings is 1. The highest BCUT2D eigenvalue weighted by Gasteiger charge is 2.45. The number of rotatable bonds is 1. The minimum absolute atomic E-state index is 0.805. The molecule has 0 spiro atoms. The molecule has 1 aromatic carbocycles. The van der Waals surface area contributed by atoms with E-state index in [2.05, 4.69) is 32.6 Å². The van der Waals surface area contributed by atoms with E-state index in [0.717, 1.165) is 34.5 Å². The minimum atomic E-state index is 0.805. The maximum atomic E-state index is 4.73. The zero-order valence-electron chi connectivity index (χ0n) is 10.5. The number of hydrogen-bond acceptors (Lipinski definition) is 3. The van der Waals surface area contributed by atoms with Crippen molar-refractivity contribution in [2.24, 2.45) is 11.8 Å². The number of fused-ring (bicyclic) bond motifs is 4. The number of hydrogen-bond donors (Lipinski definition) is 0. The predicted octanol–water partition coefficient (Wildman–Crippen LogP) is 2.34. The lowest BCUT2D eigenvalue weighted by molar-refractivity contribution is 0.804. The lowest BCUT2D eigenvalue weighted by Gasteiger charge is -2.18. The average Bonchev–Trinajstić information content (AvgIpc) is 2.91. The van der Waals surface area contributed by atoms with Crippen LogP contribution in [0.4, 0.5) is 5.82 Å². The summed E-state index contributed by atoms with van der Waals surface area (Å²) >= 11 is 0. The summed E-state index contributed by atoms with van der Waals surface area (Å²) in [5.41, 5.74) is 2.14. The molecule has 1 saturated heterocycles. The fraction of sp³-hybridized carbons (Fsp3) is 0.333. The van der Waals surface area contributed by atoms with Gasteiger partial charge in [0.1, 0.15) is 5.82 Å². The highest BCUT2D eigenvalue weighted by molar-refractivity contribution is 5.79. The fourth-order valence-electron chi connectivity index (χ4n) is 3.30. The molecule has 3 heterocycles. The molecule has 1 saturated carbocycles. The molecule has 94 valence electrons. The third-order valence-electron chi connectivity index (χ3n) is 4.47. The molecule has 2 fully saturated rings. The summed E-state index contributed by atoms with van der Waals surface area (Å²) in [6, 6.07) is 10.3. The summed E-state index contributed by atoms with van der Waals surface area (Å²) in [6.07, 6.45) is 3.52. The Morgan fingerprint density at radius 1 is 1.00 bits per heavy atom. The largest absolute Gasteiger partial charge is 0.356 e. The molecule has 0 bridgehead atoms. The van der Waals surface area contributed by atoms with E-state index < -0.39 is 0 Å². The van der Waals surface area contributed by atoms with Gasteiger partial charge in [-0.15, -0.1) is 0 Å². The Hall–Kier alpha value is -2.10.